The molecule has 4 aromatic rings. The van der Waals surface area contributed by atoms with Crippen molar-refractivity contribution in [2.75, 3.05) is 0 Å². The highest BCUT2D eigenvalue weighted by molar-refractivity contribution is 7.92. The number of benzene rings is 2. The summed E-state index contributed by atoms with van der Waals surface area (Å²) in [6.07, 6.45) is 1.64. The van der Waals surface area contributed by atoms with Crippen molar-refractivity contribution >= 4 is 26.5 Å². The topological polar surface area (TPSA) is 92.8 Å². The summed E-state index contributed by atoms with van der Waals surface area (Å²) < 4.78 is 39.4. The molecule has 31 heavy (non-hydrogen) atoms. The molecule has 2 aromatic heterocycles. The zero-order chi connectivity index (χ0) is 22.3. The van der Waals surface area contributed by atoms with Crippen LogP contribution in [-0.4, -0.2) is 24.5 Å². The molecule has 0 saturated carbocycles. The first kappa shape index (κ1) is 20.8. The van der Waals surface area contributed by atoms with Crippen molar-refractivity contribution in [3.05, 3.63) is 77.5 Å². The molecule has 0 aliphatic heterocycles. The van der Waals surface area contributed by atoms with Gasteiger partial charge in [0.05, 0.1) is 21.5 Å². The van der Waals surface area contributed by atoms with E-state index < -0.39 is 21.5 Å². The number of nitrogens with one attached hydrogen (secondary N) is 2. The first-order chi connectivity index (χ1) is 14.7. The fourth-order valence-electron chi connectivity index (χ4n) is 3.67. The van der Waals surface area contributed by atoms with E-state index in [2.05, 4.69) is 10.4 Å². The van der Waals surface area contributed by atoms with Crippen molar-refractivity contribution in [1.82, 2.24) is 19.7 Å². The van der Waals surface area contributed by atoms with E-state index in [0.29, 0.717) is 21.7 Å². The zero-order valence-corrected chi connectivity index (χ0v) is 18.2. The van der Waals surface area contributed by atoms with E-state index >= 15 is 0 Å². The number of carbonyl (C=O) groups is 1. The van der Waals surface area contributed by atoms with Crippen LogP contribution < -0.4 is 5.32 Å². The Kier molecular flexibility index (Phi) is 5.14. The molecule has 7 nitrogen and oxygen atoms in total. The van der Waals surface area contributed by atoms with Gasteiger partial charge in [-0.1, -0.05) is 18.2 Å². The van der Waals surface area contributed by atoms with Gasteiger partial charge in [0.2, 0.25) is 0 Å². The Balaban J connectivity index is 1.65. The van der Waals surface area contributed by atoms with Gasteiger partial charge in [-0.3, -0.25) is 9.48 Å². The number of aryl methyl sites for hydroxylation is 1. The maximum atomic E-state index is 14.5. The zero-order valence-electron chi connectivity index (χ0n) is 17.3. The highest BCUT2D eigenvalue weighted by atomic mass is 32.2. The van der Waals surface area contributed by atoms with Crippen molar-refractivity contribution in [1.29, 1.82) is 4.78 Å². The summed E-state index contributed by atoms with van der Waals surface area (Å²) in [6.45, 7) is 1.69. The van der Waals surface area contributed by atoms with Gasteiger partial charge in [0.15, 0.2) is 0 Å². The number of fused-ring (bicyclic) bond motifs is 1. The molecule has 1 atom stereocenters. The van der Waals surface area contributed by atoms with Crippen molar-refractivity contribution in [2.45, 2.75) is 23.3 Å². The average Bonchev–Trinajstić information content (AvgIpc) is 3.28. The van der Waals surface area contributed by atoms with Gasteiger partial charge in [0.25, 0.3) is 5.91 Å². The summed E-state index contributed by atoms with van der Waals surface area (Å²) in [6, 6.07) is 13.0. The molecule has 9 heteroatoms. The van der Waals surface area contributed by atoms with Gasteiger partial charge in [-0.15, -0.1) is 0 Å². The molecule has 0 aliphatic carbocycles. The Bertz CT molecular complexity index is 1400. The maximum absolute atomic E-state index is 14.5. The normalized spacial score (nSPS) is 13.3. The second kappa shape index (κ2) is 7.66. The number of amides is 1. The van der Waals surface area contributed by atoms with Crippen LogP contribution in [0.3, 0.4) is 0 Å². The Morgan fingerprint density at radius 3 is 2.61 bits per heavy atom. The third-order valence-corrected chi connectivity index (χ3v) is 7.45. The highest BCUT2D eigenvalue weighted by Crippen LogP contribution is 2.27. The first-order valence-electron chi connectivity index (χ1n) is 9.59. The Labute approximate surface area is 179 Å². The van der Waals surface area contributed by atoms with E-state index in [9.17, 15) is 13.4 Å². The molecule has 0 bridgehead atoms. The summed E-state index contributed by atoms with van der Waals surface area (Å²) in [5, 5.41) is 7.67. The molecule has 0 fully saturated rings. The van der Waals surface area contributed by atoms with Crippen molar-refractivity contribution in [3.8, 4) is 0 Å². The fourth-order valence-corrected chi connectivity index (χ4v) is 5.29. The van der Waals surface area contributed by atoms with Gasteiger partial charge in [-0.25, -0.2) is 13.4 Å². The Morgan fingerprint density at radius 1 is 1.19 bits per heavy atom. The predicted molar refractivity (Wildman–Crippen MR) is 116 cm³/mol. The molecule has 2 heterocycles. The van der Waals surface area contributed by atoms with Crippen molar-refractivity contribution in [3.63, 3.8) is 0 Å². The molecular weight excluding hydrogens is 417 g/mol. The molecule has 4 rings (SSSR count). The lowest BCUT2D eigenvalue weighted by atomic mass is 10.1. The van der Waals surface area contributed by atoms with Crippen LogP contribution >= 0.6 is 0 Å². The number of hydrogen-bond donors (Lipinski definition) is 2. The first-order valence-corrected chi connectivity index (χ1v) is 11.1. The van der Waals surface area contributed by atoms with Crippen molar-refractivity contribution in [2.24, 2.45) is 14.1 Å². The summed E-state index contributed by atoms with van der Waals surface area (Å²) in [5.41, 5.74) is 1.77. The molecule has 0 radical (unpaired) electrons. The van der Waals surface area contributed by atoms with Crippen LogP contribution in [0.2, 0.25) is 0 Å². The lowest BCUT2D eigenvalue weighted by molar-refractivity contribution is 0.0942. The second-order valence-electron chi connectivity index (χ2n) is 7.32. The summed E-state index contributed by atoms with van der Waals surface area (Å²) >= 11 is 0. The van der Waals surface area contributed by atoms with Gasteiger partial charge in [-0.2, -0.15) is 5.10 Å². The van der Waals surface area contributed by atoms with E-state index in [1.54, 1.807) is 72.9 Å². The third kappa shape index (κ3) is 3.50. The Morgan fingerprint density at radius 2 is 1.90 bits per heavy atom. The molecule has 0 aliphatic rings. The molecule has 1 unspecified atom stereocenters. The lowest BCUT2D eigenvalue weighted by Crippen LogP contribution is -2.25. The summed E-state index contributed by atoms with van der Waals surface area (Å²) in [5.74, 6) is -0.878. The number of hydrogen-bond acceptors (Lipinski definition) is 4. The smallest absolute Gasteiger partial charge is 0.268 e. The molecule has 0 saturated heterocycles. The van der Waals surface area contributed by atoms with Gasteiger partial charge >= 0.3 is 0 Å². The van der Waals surface area contributed by atoms with Gasteiger partial charge in [0, 0.05) is 37.3 Å². The minimum atomic E-state index is -3.28. The largest absolute Gasteiger partial charge is 0.346 e. The molecule has 160 valence electrons. The van der Waals surface area contributed by atoms with Crippen molar-refractivity contribution < 1.29 is 13.4 Å². The van der Waals surface area contributed by atoms with E-state index in [1.807, 2.05) is 0 Å². The summed E-state index contributed by atoms with van der Waals surface area (Å²) in [7, 11) is 0.116. The fraction of sp³-hybridized carbons (Fsp3) is 0.182. The Hall–Kier alpha value is -3.46. The number of rotatable bonds is 5. The minimum Gasteiger partial charge on any atom is -0.346 e. The van der Waals surface area contributed by atoms with Crippen LogP contribution in [0.4, 0.5) is 4.39 Å². The number of halogens is 1. The lowest BCUT2D eigenvalue weighted by Gasteiger charge is -2.10. The van der Waals surface area contributed by atoms with Gasteiger partial charge in [0.1, 0.15) is 21.2 Å². The molecular formula is C22H22FN5O2S. The molecule has 2 N–H and O–H groups in total. The second-order valence-corrected chi connectivity index (χ2v) is 9.35. The van der Waals surface area contributed by atoms with E-state index in [0.717, 1.165) is 5.39 Å². The SMILES string of the molecule is Cc1c(S(=N)(=O)c2ccccc2)cc(C(=O)NCc2c(F)ccc3cnn(C)c23)n1C. The van der Waals surface area contributed by atoms with E-state index in [-0.39, 0.29) is 17.1 Å². The standard InChI is InChI=1S/C22H22FN5O2S/c1-14-20(31(24,30)16-7-5-4-6-8-16)11-19(27(14)2)22(29)25-13-17-18(23)10-9-15-12-26-28(3)21(15)17/h4-12,24H,13H2,1-3H3,(H,25,29). The molecule has 0 spiro atoms. The number of nitrogens with zero attached hydrogens (tertiary/aromatic N) is 3. The van der Waals surface area contributed by atoms with Crippen LogP contribution in [-0.2, 0) is 30.4 Å². The molecule has 2 aromatic carbocycles. The quantitative estimate of drug-likeness (QED) is 0.496. The van der Waals surface area contributed by atoms with Crippen LogP contribution in [0.5, 0.6) is 0 Å². The van der Waals surface area contributed by atoms with Crippen LogP contribution in [0.15, 0.2) is 64.5 Å². The van der Waals surface area contributed by atoms with E-state index in [4.69, 9.17) is 4.78 Å². The predicted octanol–water partition coefficient (Wildman–Crippen LogP) is 3.75. The third-order valence-electron chi connectivity index (χ3n) is 5.48. The summed E-state index contributed by atoms with van der Waals surface area (Å²) in [4.78, 5) is 13.6. The van der Waals surface area contributed by atoms with Gasteiger partial charge < -0.3 is 9.88 Å². The highest BCUT2D eigenvalue weighted by Gasteiger charge is 2.23. The molecule has 1 amide bonds. The number of aromatic nitrogens is 3. The van der Waals surface area contributed by atoms with Crippen LogP contribution in [0.25, 0.3) is 10.9 Å². The van der Waals surface area contributed by atoms with Crippen LogP contribution in [0.1, 0.15) is 21.7 Å². The number of carbonyl (C=O) groups excluding carboxylic acids is 1. The van der Waals surface area contributed by atoms with Gasteiger partial charge in [-0.05, 0) is 37.3 Å². The monoisotopic (exact) mass is 439 g/mol. The maximum Gasteiger partial charge on any atom is 0.268 e. The van der Waals surface area contributed by atoms with E-state index in [1.165, 1.54) is 12.1 Å². The van der Waals surface area contributed by atoms with Crippen LogP contribution in [0, 0.1) is 17.5 Å². The minimum absolute atomic E-state index is 0.0317. The average molecular weight is 440 g/mol.